The van der Waals surface area contributed by atoms with Gasteiger partial charge in [0.2, 0.25) is 5.91 Å². The van der Waals surface area contributed by atoms with Crippen molar-refractivity contribution in [2.45, 2.75) is 88.8 Å². The van der Waals surface area contributed by atoms with E-state index in [9.17, 15) is 4.79 Å². The lowest BCUT2D eigenvalue weighted by Gasteiger charge is -2.38. The van der Waals surface area contributed by atoms with Crippen molar-refractivity contribution >= 4 is 5.91 Å². The smallest absolute Gasteiger partial charge is 0.241 e. The quantitative estimate of drug-likeness (QED) is 0.891. The average molecular weight is 345 g/mol. The Morgan fingerprint density at radius 3 is 2.52 bits per heavy atom. The second-order valence-electron chi connectivity index (χ2n) is 8.16. The van der Waals surface area contributed by atoms with E-state index in [0.29, 0.717) is 6.04 Å². The van der Waals surface area contributed by atoms with Gasteiger partial charge in [0, 0.05) is 6.04 Å². The number of amides is 1. The van der Waals surface area contributed by atoms with Crippen molar-refractivity contribution in [1.82, 2.24) is 25.0 Å². The van der Waals surface area contributed by atoms with Crippen LogP contribution in [-0.2, 0) is 4.79 Å². The molecule has 1 saturated heterocycles. The van der Waals surface area contributed by atoms with Crippen LogP contribution >= 0.6 is 0 Å². The van der Waals surface area contributed by atoms with E-state index in [1.807, 2.05) is 6.33 Å². The first-order chi connectivity index (χ1) is 12.2. The second-order valence-corrected chi connectivity index (χ2v) is 8.16. The Bertz CT molecular complexity index is 595. The van der Waals surface area contributed by atoms with Gasteiger partial charge >= 0.3 is 0 Å². The molecule has 2 heterocycles. The molecule has 0 radical (unpaired) electrons. The maximum atomic E-state index is 13.3. The van der Waals surface area contributed by atoms with Crippen LogP contribution in [0.5, 0.6) is 0 Å². The van der Waals surface area contributed by atoms with E-state index in [1.165, 1.54) is 38.5 Å². The van der Waals surface area contributed by atoms with E-state index in [4.69, 9.17) is 0 Å². The number of nitrogens with zero attached hydrogens (tertiary/aromatic N) is 4. The normalized spacial score (nSPS) is 25.5. The Morgan fingerprint density at radius 1 is 1.16 bits per heavy atom. The van der Waals surface area contributed by atoms with Crippen molar-refractivity contribution in [3.8, 4) is 0 Å². The molecule has 1 aromatic heterocycles. The van der Waals surface area contributed by atoms with E-state index >= 15 is 0 Å². The van der Waals surface area contributed by atoms with Crippen LogP contribution in [0.4, 0.5) is 0 Å². The van der Waals surface area contributed by atoms with Gasteiger partial charge in [0.15, 0.2) is 5.82 Å². The zero-order chi connectivity index (χ0) is 17.3. The first-order valence-electron chi connectivity index (χ1n) is 10.2. The molecule has 3 fully saturated rings. The predicted molar refractivity (Wildman–Crippen MR) is 96.1 cm³/mol. The summed E-state index contributed by atoms with van der Waals surface area (Å²) < 4.78 is 2.20. The summed E-state index contributed by atoms with van der Waals surface area (Å²) in [5.41, 5.74) is -0.275. The SMILES string of the molecule is CC(NC(=O)C1(N2CCCC2)CCCC1)c1nncn1C1CCCC1. The highest BCUT2D eigenvalue weighted by Crippen LogP contribution is 2.38. The highest BCUT2D eigenvalue weighted by molar-refractivity contribution is 5.87. The molecule has 6 nitrogen and oxygen atoms in total. The van der Waals surface area contributed by atoms with E-state index in [-0.39, 0.29) is 17.5 Å². The first kappa shape index (κ1) is 17.0. The highest BCUT2D eigenvalue weighted by Gasteiger charge is 2.47. The minimum Gasteiger partial charge on any atom is -0.345 e. The molecule has 0 bridgehead atoms. The summed E-state index contributed by atoms with van der Waals surface area (Å²) in [4.78, 5) is 15.7. The number of aromatic nitrogens is 3. The van der Waals surface area contributed by atoms with Crippen molar-refractivity contribution in [3.63, 3.8) is 0 Å². The van der Waals surface area contributed by atoms with Crippen molar-refractivity contribution < 1.29 is 4.79 Å². The fraction of sp³-hybridized carbons (Fsp3) is 0.842. The van der Waals surface area contributed by atoms with Crippen LogP contribution in [0.3, 0.4) is 0 Å². The number of hydrogen-bond acceptors (Lipinski definition) is 4. The number of rotatable bonds is 5. The number of carbonyl (C=O) groups excluding carboxylic acids is 1. The molecule has 1 aromatic rings. The van der Waals surface area contributed by atoms with Crippen molar-refractivity contribution in [2.24, 2.45) is 0 Å². The van der Waals surface area contributed by atoms with E-state index in [0.717, 1.165) is 44.6 Å². The van der Waals surface area contributed by atoms with E-state index in [1.54, 1.807) is 0 Å². The third-order valence-electron chi connectivity index (χ3n) is 6.62. The standard InChI is InChI=1S/C19H31N5O/c1-15(17-22-20-14-24(17)16-8-2-3-9-16)21-18(25)19(10-4-5-11-19)23-12-6-7-13-23/h14-16H,2-13H2,1H3,(H,21,25). The molecule has 4 rings (SSSR count). The Labute approximate surface area is 150 Å². The summed E-state index contributed by atoms with van der Waals surface area (Å²) >= 11 is 0. The van der Waals surface area contributed by atoms with Gasteiger partial charge in [-0.05, 0) is 58.5 Å². The van der Waals surface area contributed by atoms with Crippen LogP contribution in [0.25, 0.3) is 0 Å². The molecule has 6 heteroatoms. The summed E-state index contributed by atoms with van der Waals surface area (Å²) in [5, 5.41) is 11.8. The predicted octanol–water partition coefficient (Wildman–Crippen LogP) is 2.98. The molecule has 25 heavy (non-hydrogen) atoms. The average Bonchev–Trinajstić information content (AvgIpc) is 3.43. The van der Waals surface area contributed by atoms with Gasteiger partial charge in [0.1, 0.15) is 11.9 Å². The molecule has 138 valence electrons. The number of carbonyl (C=O) groups is 1. The van der Waals surface area contributed by atoms with Crippen LogP contribution in [0.15, 0.2) is 6.33 Å². The monoisotopic (exact) mass is 345 g/mol. The molecule has 1 atom stereocenters. The van der Waals surface area contributed by atoms with Gasteiger partial charge < -0.3 is 9.88 Å². The third-order valence-corrected chi connectivity index (χ3v) is 6.62. The van der Waals surface area contributed by atoms with Crippen molar-refractivity contribution in [3.05, 3.63) is 12.2 Å². The lowest BCUT2D eigenvalue weighted by Crippen LogP contribution is -2.56. The van der Waals surface area contributed by atoms with Crippen molar-refractivity contribution in [2.75, 3.05) is 13.1 Å². The molecule has 1 unspecified atom stereocenters. The molecule has 1 aliphatic heterocycles. The summed E-state index contributed by atoms with van der Waals surface area (Å²) in [6.07, 6.45) is 13.6. The molecule has 1 amide bonds. The Balaban J connectivity index is 1.49. The molecular formula is C19H31N5O. The Kier molecular flexibility index (Phi) is 4.80. The molecule has 1 N–H and O–H groups in total. The minimum absolute atomic E-state index is 0.0873. The lowest BCUT2D eigenvalue weighted by atomic mass is 9.93. The Morgan fingerprint density at radius 2 is 1.84 bits per heavy atom. The van der Waals surface area contributed by atoms with Gasteiger partial charge in [-0.1, -0.05) is 25.7 Å². The summed E-state index contributed by atoms with van der Waals surface area (Å²) in [7, 11) is 0. The second kappa shape index (κ2) is 7.06. The van der Waals surface area contributed by atoms with Crippen LogP contribution < -0.4 is 5.32 Å². The molecule has 2 aliphatic carbocycles. The molecular weight excluding hydrogens is 314 g/mol. The van der Waals surface area contributed by atoms with E-state index < -0.39 is 0 Å². The van der Waals surface area contributed by atoms with Gasteiger partial charge in [0.05, 0.1) is 6.04 Å². The van der Waals surface area contributed by atoms with Gasteiger partial charge in [-0.15, -0.1) is 10.2 Å². The number of nitrogens with one attached hydrogen (secondary N) is 1. The first-order valence-corrected chi connectivity index (χ1v) is 10.2. The largest absolute Gasteiger partial charge is 0.345 e. The number of likely N-dealkylation sites (tertiary alicyclic amines) is 1. The van der Waals surface area contributed by atoms with Crippen LogP contribution in [0.1, 0.15) is 89.0 Å². The molecule has 0 spiro atoms. The molecule has 3 aliphatic rings. The zero-order valence-electron chi connectivity index (χ0n) is 15.4. The fourth-order valence-electron chi connectivity index (χ4n) is 5.21. The molecule has 0 aromatic carbocycles. The van der Waals surface area contributed by atoms with Gasteiger partial charge in [-0.25, -0.2) is 0 Å². The Hall–Kier alpha value is -1.43. The van der Waals surface area contributed by atoms with Gasteiger partial charge in [0.25, 0.3) is 0 Å². The maximum Gasteiger partial charge on any atom is 0.241 e. The maximum absolute atomic E-state index is 13.3. The van der Waals surface area contributed by atoms with Crippen LogP contribution in [-0.4, -0.2) is 44.2 Å². The van der Waals surface area contributed by atoms with Gasteiger partial charge in [-0.3, -0.25) is 9.69 Å². The molecule has 2 saturated carbocycles. The van der Waals surface area contributed by atoms with Crippen LogP contribution in [0, 0.1) is 0 Å². The lowest BCUT2D eigenvalue weighted by molar-refractivity contribution is -0.133. The summed E-state index contributed by atoms with van der Waals surface area (Å²) in [5.74, 6) is 1.12. The summed E-state index contributed by atoms with van der Waals surface area (Å²) in [6, 6.07) is 0.416. The minimum atomic E-state index is -0.275. The summed E-state index contributed by atoms with van der Waals surface area (Å²) in [6.45, 7) is 4.19. The number of hydrogen-bond donors (Lipinski definition) is 1. The fourth-order valence-corrected chi connectivity index (χ4v) is 5.21. The highest BCUT2D eigenvalue weighted by atomic mass is 16.2. The van der Waals surface area contributed by atoms with Crippen molar-refractivity contribution in [1.29, 1.82) is 0 Å². The topological polar surface area (TPSA) is 63.1 Å². The van der Waals surface area contributed by atoms with E-state index in [2.05, 4.69) is 31.9 Å². The zero-order valence-corrected chi connectivity index (χ0v) is 15.4. The van der Waals surface area contributed by atoms with Gasteiger partial charge in [-0.2, -0.15) is 0 Å². The van der Waals surface area contributed by atoms with Crippen LogP contribution in [0.2, 0.25) is 0 Å². The third kappa shape index (κ3) is 3.09.